The van der Waals surface area contributed by atoms with Crippen LogP contribution >= 0.6 is 0 Å². The molecule has 0 amide bonds. The molecular weight excluding hydrogens is 215 g/mol. The fourth-order valence-corrected chi connectivity index (χ4v) is 2.42. The third-order valence-electron chi connectivity index (χ3n) is 3.60. The van der Waals surface area contributed by atoms with Crippen molar-refractivity contribution in [2.24, 2.45) is 0 Å². The van der Waals surface area contributed by atoms with Crippen molar-refractivity contribution in [3.05, 3.63) is 35.9 Å². The number of piperazine rings is 1. The normalized spacial score (nSPS) is 24.8. The molecule has 1 aliphatic heterocycles. The SMILES string of the molecule is CC1(C)CNC(c2ccccc2)CN1CCF. The lowest BCUT2D eigenvalue weighted by Gasteiger charge is -2.46. The first-order valence-electron chi connectivity index (χ1n) is 6.23. The Bertz CT molecular complexity index is 350. The average Bonchev–Trinajstić information content (AvgIpc) is 2.33. The molecule has 0 spiro atoms. The minimum absolute atomic E-state index is 0.0391. The maximum atomic E-state index is 12.6. The first kappa shape index (κ1) is 12.5. The Kier molecular flexibility index (Phi) is 3.79. The zero-order valence-corrected chi connectivity index (χ0v) is 10.6. The van der Waals surface area contributed by atoms with Crippen molar-refractivity contribution in [1.29, 1.82) is 0 Å². The van der Waals surface area contributed by atoms with Crippen LogP contribution in [-0.4, -0.2) is 36.7 Å². The van der Waals surface area contributed by atoms with Gasteiger partial charge in [-0.15, -0.1) is 0 Å². The highest BCUT2D eigenvalue weighted by Crippen LogP contribution is 2.25. The van der Waals surface area contributed by atoms with Crippen LogP contribution in [0.1, 0.15) is 25.5 Å². The number of nitrogens with zero attached hydrogens (tertiary/aromatic N) is 1. The van der Waals surface area contributed by atoms with E-state index in [1.165, 1.54) is 5.56 Å². The molecular formula is C14H21FN2. The van der Waals surface area contributed by atoms with Crippen LogP contribution in [0.25, 0.3) is 0 Å². The summed E-state index contributed by atoms with van der Waals surface area (Å²) in [4.78, 5) is 2.24. The standard InChI is InChI=1S/C14H21FN2/c1-14(2)11-16-13(10-17(14)9-8-15)12-6-4-3-5-7-12/h3-7,13,16H,8-11H2,1-2H3. The number of benzene rings is 1. The van der Waals surface area contributed by atoms with Gasteiger partial charge in [-0.05, 0) is 19.4 Å². The molecule has 1 saturated heterocycles. The van der Waals surface area contributed by atoms with Crippen LogP contribution in [0.5, 0.6) is 0 Å². The number of halogens is 1. The van der Waals surface area contributed by atoms with E-state index in [9.17, 15) is 4.39 Å². The third kappa shape index (κ3) is 2.85. The summed E-state index contributed by atoms with van der Waals surface area (Å²) in [6.07, 6.45) is 0. The maximum absolute atomic E-state index is 12.6. The minimum atomic E-state index is -0.273. The monoisotopic (exact) mass is 236 g/mol. The first-order chi connectivity index (χ1) is 8.13. The van der Waals surface area contributed by atoms with Crippen LogP contribution in [0.2, 0.25) is 0 Å². The molecule has 0 radical (unpaired) electrons. The van der Waals surface area contributed by atoms with E-state index in [4.69, 9.17) is 0 Å². The van der Waals surface area contributed by atoms with Gasteiger partial charge in [0.1, 0.15) is 6.67 Å². The average molecular weight is 236 g/mol. The topological polar surface area (TPSA) is 15.3 Å². The van der Waals surface area contributed by atoms with Gasteiger partial charge in [-0.1, -0.05) is 30.3 Å². The molecule has 0 aromatic heterocycles. The highest BCUT2D eigenvalue weighted by molar-refractivity contribution is 5.20. The predicted molar refractivity (Wildman–Crippen MR) is 68.8 cm³/mol. The van der Waals surface area contributed by atoms with Gasteiger partial charge in [-0.2, -0.15) is 0 Å². The molecule has 1 aliphatic rings. The van der Waals surface area contributed by atoms with Crippen LogP contribution in [0.3, 0.4) is 0 Å². The van der Waals surface area contributed by atoms with Gasteiger partial charge in [0.15, 0.2) is 0 Å². The number of hydrogen-bond donors (Lipinski definition) is 1. The van der Waals surface area contributed by atoms with Crippen molar-refractivity contribution < 1.29 is 4.39 Å². The second-order valence-corrected chi connectivity index (χ2v) is 5.29. The van der Waals surface area contributed by atoms with E-state index < -0.39 is 0 Å². The molecule has 17 heavy (non-hydrogen) atoms. The molecule has 2 nitrogen and oxygen atoms in total. The van der Waals surface area contributed by atoms with Crippen molar-refractivity contribution in [2.75, 3.05) is 26.3 Å². The van der Waals surface area contributed by atoms with Gasteiger partial charge in [0.2, 0.25) is 0 Å². The van der Waals surface area contributed by atoms with Gasteiger partial charge < -0.3 is 5.32 Å². The second kappa shape index (κ2) is 5.15. The van der Waals surface area contributed by atoms with Crippen molar-refractivity contribution in [3.8, 4) is 0 Å². The van der Waals surface area contributed by atoms with E-state index in [0.29, 0.717) is 12.6 Å². The second-order valence-electron chi connectivity index (χ2n) is 5.29. The smallest absolute Gasteiger partial charge is 0.102 e. The zero-order chi connectivity index (χ0) is 12.3. The number of hydrogen-bond acceptors (Lipinski definition) is 2. The molecule has 1 aromatic rings. The van der Waals surface area contributed by atoms with Gasteiger partial charge >= 0.3 is 0 Å². The Balaban J connectivity index is 2.09. The van der Waals surface area contributed by atoms with E-state index >= 15 is 0 Å². The molecule has 1 heterocycles. The van der Waals surface area contributed by atoms with Gasteiger partial charge in [-0.25, -0.2) is 4.39 Å². The summed E-state index contributed by atoms with van der Waals surface area (Å²) in [6.45, 7) is 6.35. The van der Waals surface area contributed by atoms with Crippen LogP contribution in [-0.2, 0) is 0 Å². The molecule has 0 bridgehead atoms. The summed E-state index contributed by atoms with van der Waals surface area (Å²) in [5, 5.41) is 3.55. The molecule has 1 atom stereocenters. The van der Waals surface area contributed by atoms with Gasteiger partial charge in [0.25, 0.3) is 0 Å². The fourth-order valence-electron chi connectivity index (χ4n) is 2.42. The van der Waals surface area contributed by atoms with Gasteiger partial charge in [-0.3, -0.25) is 4.90 Å². The summed E-state index contributed by atoms with van der Waals surface area (Å²) in [7, 11) is 0. The van der Waals surface area contributed by atoms with E-state index in [2.05, 4.69) is 48.3 Å². The summed E-state index contributed by atoms with van der Waals surface area (Å²) >= 11 is 0. The van der Waals surface area contributed by atoms with E-state index in [-0.39, 0.29) is 12.2 Å². The third-order valence-corrected chi connectivity index (χ3v) is 3.60. The van der Waals surface area contributed by atoms with Crippen LogP contribution in [0.4, 0.5) is 4.39 Å². The predicted octanol–water partition coefficient (Wildman–Crippen LogP) is 2.38. The molecule has 3 heteroatoms. The van der Waals surface area contributed by atoms with Crippen molar-refractivity contribution >= 4 is 0 Å². The highest BCUT2D eigenvalue weighted by Gasteiger charge is 2.33. The summed E-state index contributed by atoms with van der Waals surface area (Å²) in [5.41, 5.74) is 1.32. The Morgan fingerprint density at radius 2 is 2.06 bits per heavy atom. The Labute approximate surface area is 103 Å². The quantitative estimate of drug-likeness (QED) is 0.867. The first-order valence-corrected chi connectivity index (χ1v) is 6.23. The van der Waals surface area contributed by atoms with E-state index in [0.717, 1.165) is 13.1 Å². The minimum Gasteiger partial charge on any atom is -0.307 e. The summed E-state index contributed by atoms with van der Waals surface area (Å²) in [5.74, 6) is 0. The molecule has 0 saturated carbocycles. The molecule has 2 rings (SSSR count). The lowest BCUT2D eigenvalue weighted by Crippen LogP contribution is -2.59. The Morgan fingerprint density at radius 3 is 2.71 bits per heavy atom. The Hall–Kier alpha value is -0.930. The number of nitrogens with one attached hydrogen (secondary N) is 1. The molecule has 94 valence electrons. The van der Waals surface area contributed by atoms with Gasteiger partial charge in [0.05, 0.1) is 0 Å². The molecule has 1 aromatic carbocycles. The maximum Gasteiger partial charge on any atom is 0.102 e. The number of alkyl halides is 1. The summed E-state index contributed by atoms with van der Waals surface area (Å²) < 4.78 is 12.6. The van der Waals surface area contributed by atoms with Crippen molar-refractivity contribution in [3.63, 3.8) is 0 Å². The highest BCUT2D eigenvalue weighted by atomic mass is 19.1. The van der Waals surface area contributed by atoms with Crippen molar-refractivity contribution in [2.45, 2.75) is 25.4 Å². The molecule has 1 unspecified atom stereocenters. The number of rotatable bonds is 3. The van der Waals surface area contributed by atoms with E-state index in [1.807, 2.05) is 6.07 Å². The largest absolute Gasteiger partial charge is 0.307 e. The van der Waals surface area contributed by atoms with E-state index in [1.54, 1.807) is 0 Å². The molecule has 1 fully saturated rings. The molecule has 1 N–H and O–H groups in total. The van der Waals surface area contributed by atoms with Gasteiger partial charge in [0, 0.05) is 31.2 Å². The molecule has 0 aliphatic carbocycles. The van der Waals surface area contributed by atoms with Crippen LogP contribution in [0, 0.1) is 0 Å². The van der Waals surface area contributed by atoms with Crippen molar-refractivity contribution in [1.82, 2.24) is 10.2 Å². The Morgan fingerprint density at radius 1 is 1.35 bits per heavy atom. The summed E-state index contributed by atoms with van der Waals surface area (Å²) in [6, 6.07) is 10.7. The zero-order valence-electron chi connectivity index (χ0n) is 10.6. The lowest BCUT2D eigenvalue weighted by atomic mass is 9.94. The van der Waals surface area contributed by atoms with Crippen LogP contribution in [0.15, 0.2) is 30.3 Å². The fraction of sp³-hybridized carbons (Fsp3) is 0.571. The lowest BCUT2D eigenvalue weighted by molar-refractivity contribution is 0.0600. The van der Waals surface area contributed by atoms with Crippen LogP contribution < -0.4 is 5.32 Å².